The number of piperidine rings is 1. The number of halogens is 1. The summed E-state index contributed by atoms with van der Waals surface area (Å²) in [5.41, 5.74) is 0.942. The van der Waals surface area contributed by atoms with Crippen LogP contribution in [0, 0.1) is 5.41 Å². The quantitative estimate of drug-likeness (QED) is 0.784. The van der Waals surface area contributed by atoms with Gasteiger partial charge in [0.1, 0.15) is 5.82 Å². The van der Waals surface area contributed by atoms with Gasteiger partial charge < -0.3 is 14.5 Å². The summed E-state index contributed by atoms with van der Waals surface area (Å²) in [4.78, 5) is 33.4. The number of hydrogen-bond donors (Lipinski definition) is 1. The lowest BCUT2D eigenvalue weighted by Gasteiger charge is -2.39. The van der Waals surface area contributed by atoms with Crippen molar-refractivity contribution in [3.05, 3.63) is 47.6 Å². The molecule has 2 fully saturated rings. The van der Waals surface area contributed by atoms with Crippen molar-refractivity contribution in [3.8, 4) is 0 Å². The third-order valence-electron chi connectivity index (χ3n) is 5.83. The molecule has 30 heavy (non-hydrogen) atoms. The fraction of sp³-hybridized carbons (Fsp3) is 0.409. The van der Waals surface area contributed by atoms with Gasteiger partial charge in [-0.05, 0) is 50.5 Å². The Morgan fingerprint density at radius 2 is 2.07 bits per heavy atom. The minimum atomic E-state index is -0.500. The zero-order chi connectivity index (χ0) is 21.1. The van der Waals surface area contributed by atoms with Gasteiger partial charge in [0.2, 0.25) is 5.91 Å². The number of nitrogens with one attached hydrogen (secondary N) is 1. The highest BCUT2D eigenvalue weighted by molar-refractivity contribution is 6.34. The Balaban J connectivity index is 1.48. The first-order valence-electron chi connectivity index (χ1n) is 10.2. The molecular formula is C22H25ClN4O3. The average molecular weight is 429 g/mol. The summed E-state index contributed by atoms with van der Waals surface area (Å²) in [6.07, 6.45) is 3.70. The number of amides is 2. The Morgan fingerprint density at radius 1 is 1.23 bits per heavy atom. The van der Waals surface area contributed by atoms with Crippen LogP contribution in [0.1, 0.15) is 26.2 Å². The molecule has 2 aliphatic rings. The van der Waals surface area contributed by atoms with Gasteiger partial charge >= 0.3 is 6.09 Å². The van der Waals surface area contributed by atoms with E-state index in [1.807, 2.05) is 35.2 Å². The van der Waals surface area contributed by atoms with Crippen LogP contribution in [0.3, 0.4) is 0 Å². The number of aromatic nitrogens is 1. The minimum absolute atomic E-state index is 0.140. The van der Waals surface area contributed by atoms with Crippen molar-refractivity contribution in [2.45, 2.75) is 26.2 Å². The average Bonchev–Trinajstić information content (AvgIpc) is 3.04. The van der Waals surface area contributed by atoms with Gasteiger partial charge in [0, 0.05) is 19.6 Å². The van der Waals surface area contributed by atoms with Crippen molar-refractivity contribution in [2.24, 2.45) is 5.41 Å². The van der Waals surface area contributed by atoms with Crippen molar-refractivity contribution in [3.63, 3.8) is 0 Å². The Labute approximate surface area is 181 Å². The third-order valence-corrected chi connectivity index (χ3v) is 6.15. The molecule has 0 saturated carbocycles. The van der Waals surface area contributed by atoms with E-state index < -0.39 is 11.5 Å². The largest absolute Gasteiger partial charge is 0.450 e. The van der Waals surface area contributed by atoms with Gasteiger partial charge in [-0.3, -0.25) is 10.1 Å². The maximum absolute atomic E-state index is 13.4. The Bertz CT molecular complexity index is 936. The number of pyridine rings is 1. The molecule has 0 aliphatic carbocycles. The molecule has 0 radical (unpaired) electrons. The Morgan fingerprint density at radius 3 is 2.80 bits per heavy atom. The minimum Gasteiger partial charge on any atom is -0.450 e. The van der Waals surface area contributed by atoms with Gasteiger partial charge in [0.05, 0.1) is 34.6 Å². The lowest BCUT2D eigenvalue weighted by molar-refractivity contribution is -0.126. The standard InChI is InChI=1S/C22H25ClN4O3/c1-2-30-21(29)25-16-8-9-19(24-14-16)26-12-5-10-22(15-26)11-13-27(20(22)28)18-7-4-3-6-17(18)23/h3-4,6-9,14H,2,5,10-13,15H2,1H3,(H,25,29)/t22-/m0/s1. The van der Waals surface area contributed by atoms with E-state index in [1.165, 1.54) is 0 Å². The summed E-state index contributed by atoms with van der Waals surface area (Å²) in [6, 6.07) is 11.2. The number of benzene rings is 1. The van der Waals surface area contributed by atoms with Crippen molar-refractivity contribution >= 4 is 40.8 Å². The predicted octanol–water partition coefficient (Wildman–Crippen LogP) is 4.33. The topological polar surface area (TPSA) is 74.8 Å². The van der Waals surface area contributed by atoms with Crippen molar-refractivity contribution in [1.82, 2.24) is 4.98 Å². The molecule has 158 valence electrons. The fourth-order valence-electron chi connectivity index (χ4n) is 4.36. The maximum atomic E-state index is 13.4. The molecule has 1 atom stereocenters. The highest BCUT2D eigenvalue weighted by Gasteiger charge is 2.49. The van der Waals surface area contributed by atoms with Crippen LogP contribution in [0.5, 0.6) is 0 Å². The van der Waals surface area contributed by atoms with Crippen LogP contribution in [0.25, 0.3) is 0 Å². The van der Waals surface area contributed by atoms with E-state index in [-0.39, 0.29) is 5.91 Å². The first-order valence-corrected chi connectivity index (χ1v) is 10.6. The van der Waals surface area contributed by atoms with Crippen LogP contribution in [-0.4, -0.2) is 43.2 Å². The van der Waals surface area contributed by atoms with Crippen molar-refractivity contribution < 1.29 is 14.3 Å². The molecule has 2 aromatic rings. The molecule has 7 nitrogen and oxygen atoms in total. The fourth-order valence-corrected chi connectivity index (χ4v) is 4.60. The number of hydrogen-bond acceptors (Lipinski definition) is 5. The van der Waals surface area contributed by atoms with E-state index in [9.17, 15) is 9.59 Å². The Kier molecular flexibility index (Phi) is 5.81. The predicted molar refractivity (Wildman–Crippen MR) is 117 cm³/mol. The molecular weight excluding hydrogens is 404 g/mol. The molecule has 1 aromatic heterocycles. The summed E-state index contributed by atoms with van der Waals surface area (Å²) >= 11 is 6.34. The molecule has 0 bridgehead atoms. The summed E-state index contributed by atoms with van der Waals surface area (Å²) in [6.45, 7) is 4.21. The van der Waals surface area contributed by atoms with Crippen LogP contribution >= 0.6 is 11.6 Å². The lowest BCUT2D eigenvalue weighted by Crippen LogP contribution is -2.48. The van der Waals surface area contributed by atoms with Crippen LogP contribution in [0.4, 0.5) is 22.0 Å². The second-order valence-corrected chi connectivity index (χ2v) is 8.12. The monoisotopic (exact) mass is 428 g/mol. The molecule has 2 amide bonds. The van der Waals surface area contributed by atoms with Crippen molar-refractivity contribution in [2.75, 3.05) is 41.4 Å². The first kappa shape index (κ1) is 20.5. The number of ether oxygens (including phenoxy) is 1. The van der Waals surface area contributed by atoms with Gasteiger partial charge in [-0.15, -0.1) is 0 Å². The van der Waals surface area contributed by atoms with Gasteiger partial charge in [0.25, 0.3) is 0 Å². The zero-order valence-electron chi connectivity index (χ0n) is 16.9. The van der Waals surface area contributed by atoms with Crippen LogP contribution in [0.15, 0.2) is 42.6 Å². The smallest absolute Gasteiger partial charge is 0.411 e. The van der Waals surface area contributed by atoms with E-state index in [2.05, 4.69) is 15.2 Å². The Hall–Kier alpha value is -2.80. The number of nitrogens with zero attached hydrogens (tertiary/aromatic N) is 3. The van der Waals surface area contributed by atoms with E-state index in [1.54, 1.807) is 19.2 Å². The third kappa shape index (κ3) is 3.94. The number of carbonyl (C=O) groups is 2. The van der Waals surface area contributed by atoms with Crippen LogP contribution < -0.4 is 15.1 Å². The molecule has 1 aromatic carbocycles. The van der Waals surface area contributed by atoms with E-state index >= 15 is 0 Å². The van der Waals surface area contributed by atoms with Crippen molar-refractivity contribution in [1.29, 1.82) is 0 Å². The van der Waals surface area contributed by atoms with E-state index in [0.717, 1.165) is 37.3 Å². The van der Waals surface area contributed by atoms with Gasteiger partial charge in [-0.1, -0.05) is 23.7 Å². The zero-order valence-corrected chi connectivity index (χ0v) is 17.7. The summed E-state index contributed by atoms with van der Waals surface area (Å²) in [5.74, 6) is 0.938. The maximum Gasteiger partial charge on any atom is 0.411 e. The second kappa shape index (κ2) is 8.52. The molecule has 4 rings (SSSR count). The second-order valence-electron chi connectivity index (χ2n) is 7.71. The SMILES string of the molecule is CCOC(=O)Nc1ccc(N2CCC[C@]3(CCN(c4ccccc4Cl)C3=O)C2)nc1. The highest BCUT2D eigenvalue weighted by atomic mass is 35.5. The number of rotatable bonds is 4. The molecule has 1 spiro atoms. The van der Waals surface area contributed by atoms with E-state index in [0.29, 0.717) is 30.4 Å². The van der Waals surface area contributed by atoms with Gasteiger partial charge in [0.15, 0.2) is 0 Å². The van der Waals surface area contributed by atoms with E-state index in [4.69, 9.17) is 16.3 Å². The van der Waals surface area contributed by atoms with Crippen LogP contribution in [0.2, 0.25) is 5.02 Å². The van der Waals surface area contributed by atoms with Gasteiger partial charge in [-0.25, -0.2) is 9.78 Å². The first-order chi connectivity index (χ1) is 14.5. The van der Waals surface area contributed by atoms with Gasteiger partial charge in [-0.2, -0.15) is 0 Å². The normalized spacial score (nSPS) is 21.2. The molecule has 2 saturated heterocycles. The number of anilines is 3. The summed E-state index contributed by atoms with van der Waals surface area (Å²) < 4.78 is 4.88. The molecule has 2 aliphatic heterocycles. The lowest BCUT2D eigenvalue weighted by atomic mass is 9.78. The highest BCUT2D eigenvalue weighted by Crippen LogP contribution is 2.43. The molecule has 8 heteroatoms. The summed E-state index contributed by atoms with van der Waals surface area (Å²) in [7, 11) is 0. The molecule has 1 N–H and O–H groups in total. The number of para-hydroxylation sites is 1. The summed E-state index contributed by atoms with van der Waals surface area (Å²) in [5, 5.41) is 3.24. The van der Waals surface area contributed by atoms with Crippen LogP contribution in [-0.2, 0) is 9.53 Å². The number of carbonyl (C=O) groups excluding carboxylic acids is 2. The molecule has 0 unspecified atom stereocenters. The molecule has 3 heterocycles.